The molecule has 4 rings (SSSR count). The van der Waals surface area contributed by atoms with Crippen molar-refractivity contribution in [2.75, 3.05) is 14.2 Å². The van der Waals surface area contributed by atoms with Crippen molar-refractivity contribution in [1.82, 2.24) is 19.5 Å². The number of fused-ring (bicyclic) bond motifs is 1. The van der Waals surface area contributed by atoms with Crippen LogP contribution in [0.1, 0.15) is 30.8 Å². The van der Waals surface area contributed by atoms with E-state index < -0.39 is 5.60 Å². The fraction of sp³-hybridized carbons (Fsp3) is 0.292. The molecule has 166 valence electrons. The summed E-state index contributed by atoms with van der Waals surface area (Å²) in [5.41, 5.74) is 1.59. The summed E-state index contributed by atoms with van der Waals surface area (Å²) >= 11 is 0. The maximum atomic E-state index is 10.3. The Morgan fingerprint density at radius 3 is 2.41 bits per heavy atom. The Kier molecular flexibility index (Phi) is 5.96. The number of ether oxygens (including phenoxy) is 3. The van der Waals surface area contributed by atoms with Crippen molar-refractivity contribution in [1.29, 1.82) is 0 Å². The van der Waals surface area contributed by atoms with Crippen LogP contribution in [0.3, 0.4) is 0 Å². The van der Waals surface area contributed by atoms with E-state index in [1.807, 2.05) is 66.9 Å². The first-order valence-electron chi connectivity index (χ1n) is 10.2. The van der Waals surface area contributed by atoms with Crippen LogP contribution < -0.4 is 9.47 Å². The lowest BCUT2D eigenvalue weighted by Crippen LogP contribution is -2.23. The minimum atomic E-state index is -0.761. The lowest BCUT2D eigenvalue weighted by molar-refractivity contribution is -0.0393. The predicted molar refractivity (Wildman–Crippen MR) is 119 cm³/mol. The largest absolute Gasteiger partial charge is 0.493 e. The molecule has 0 amide bonds. The van der Waals surface area contributed by atoms with Crippen molar-refractivity contribution in [2.24, 2.45) is 0 Å². The molecule has 2 heterocycles. The van der Waals surface area contributed by atoms with E-state index in [9.17, 15) is 5.11 Å². The van der Waals surface area contributed by atoms with Crippen LogP contribution in [0.4, 0.5) is 0 Å². The summed E-state index contributed by atoms with van der Waals surface area (Å²) in [7, 11) is 3.20. The Balaban J connectivity index is 1.63. The van der Waals surface area contributed by atoms with Gasteiger partial charge in [-0.2, -0.15) is 0 Å². The first-order chi connectivity index (χ1) is 15.4. The number of imidazole rings is 1. The predicted octanol–water partition coefficient (Wildman–Crippen LogP) is 4.00. The van der Waals surface area contributed by atoms with Gasteiger partial charge >= 0.3 is 0 Å². The van der Waals surface area contributed by atoms with Crippen molar-refractivity contribution in [3.8, 4) is 28.9 Å². The molecule has 0 aliphatic carbocycles. The summed E-state index contributed by atoms with van der Waals surface area (Å²) in [5.74, 6) is 2.13. The summed E-state index contributed by atoms with van der Waals surface area (Å²) in [4.78, 5) is 13.3. The molecular formula is C24H26N4O4. The van der Waals surface area contributed by atoms with E-state index in [2.05, 4.69) is 9.97 Å². The lowest BCUT2D eigenvalue weighted by Gasteiger charge is -2.22. The van der Waals surface area contributed by atoms with Crippen molar-refractivity contribution in [3.05, 3.63) is 71.8 Å². The molecule has 2 aromatic carbocycles. The Morgan fingerprint density at radius 2 is 1.69 bits per heavy atom. The molecule has 0 radical (unpaired) electrons. The van der Waals surface area contributed by atoms with E-state index >= 15 is 0 Å². The van der Waals surface area contributed by atoms with E-state index in [0.29, 0.717) is 42.0 Å². The van der Waals surface area contributed by atoms with E-state index in [-0.39, 0.29) is 5.88 Å². The van der Waals surface area contributed by atoms with Crippen LogP contribution in [0.15, 0.2) is 54.9 Å². The second-order valence-electron chi connectivity index (χ2n) is 7.89. The number of rotatable bonds is 8. The van der Waals surface area contributed by atoms with Crippen LogP contribution >= 0.6 is 0 Å². The first kappa shape index (κ1) is 21.6. The smallest absolute Gasteiger partial charge is 0.242 e. The molecule has 0 saturated heterocycles. The molecule has 0 fully saturated rings. The van der Waals surface area contributed by atoms with Gasteiger partial charge in [0.1, 0.15) is 11.9 Å². The average Bonchev–Trinajstić information content (AvgIpc) is 3.28. The summed E-state index contributed by atoms with van der Waals surface area (Å²) in [6.45, 7) is 4.71. The summed E-state index contributed by atoms with van der Waals surface area (Å²) in [5, 5.41) is 10.3. The highest BCUT2D eigenvalue weighted by Gasteiger charge is 2.31. The van der Waals surface area contributed by atoms with Crippen LogP contribution in [0.25, 0.3) is 11.5 Å². The molecule has 0 aromatic heterocycles. The number of benzene rings is 2. The molecule has 0 atom stereocenters. The second kappa shape index (κ2) is 8.84. The number of hydrogen-bond donors (Lipinski definition) is 1. The van der Waals surface area contributed by atoms with Gasteiger partial charge in [-0.15, -0.1) is 0 Å². The highest BCUT2D eigenvalue weighted by atomic mass is 16.5. The zero-order chi connectivity index (χ0) is 22.7. The molecule has 0 saturated carbocycles. The van der Waals surface area contributed by atoms with E-state index in [1.54, 1.807) is 20.5 Å². The molecule has 0 spiro atoms. The van der Waals surface area contributed by atoms with Crippen molar-refractivity contribution >= 4 is 0 Å². The zero-order valence-corrected chi connectivity index (χ0v) is 18.6. The zero-order valence-electron chi connectivity index (χ0n) is 18.6. The highest BCUT2D eigenvalue weighted by Crippen LogP contribution is 2.33. The van der Waals surface area contributed by atoms with Gasteiger partial charge < -0.3 is 23.9 Å². The Labute approximate surface area is 186 Å². The van der Waals surface area contributed by atoms with Crippen LogP contribution in [0, 0.1) is 0 Å². The van der Waals surface area contributed by atoms with Crippen molar-refractivity contribution in [3.63, 3.8) is 0 Å². The summed E-state index contributed by atoms with van der Waals surface area (Å²) in [6, 6.07) is 15.6. The third-order valence-corrected chi connectivity index (χ3v) is 5.23. The van der Waals surface area contributed by atoms with Crippen molar-refractivity contribution < 1.29 is 19.3 Å². The maximum absolute atomic E-state index is 10.3. The molecular weight excluding hydrogens is 408 g/mol. The average molecular weight is 434 g/mol. The minimum absolute atomic E-state index is 0.166. The van der Waals surface area contributed by atoms with Gasteiger partial charge in [-0.25, -0.2) is 15.0 Å². The lowest BCUT2D eigenvalue weighted by atomic mass is 10.1. The highest BCUT2D eigenvalue weighted by molar-refractivity contribution is 5.58. The Hall–Kier alpha value is -3.65. The van der Waals surface area contributed by atoms with Gasteiger partial charge in [-0.3, -0.25) is 0 Å². The fourth-order valence-electron chi connectivity index (χ4n) is 3.39. The molecule has 1 N–H and O–H groups in total. The third kappa shape index (κ3) is 4.36. The number of nitrogens with zero attached hydrogens (tertiary/aromatic N) is 4. The first-order valence-corrected chi connectivity index (χ1v) is 10.2. The second-order valence-corrected chi connectivity index (χ2v) is 7.89. The summed E-state index contributed by atoms with van der Waals surface area (Å²) in [6.07, 6.45) is 1.55. The number of hydrogen-bond acceptors (Lipinski definition) is 7. The van der Waals surface area contributed by atoms with E-state index in [4.69, 9.17) is 19.2 Å². The van der Waals surface area contributed by atoms with E-state index in [1.165, 1.54) is 0 Å². The molecule has 2 aliphatic heterocycles. The van der Waals surface area contributed by atoms with Gasteiger partial charge in [-0.1, -0.05) is 36.4 Å². The van der Waals surface area contributed by atoms with E-state index in [0.717, 1.165) is 11.1 Å². The molecule has 8 heteroatoms. The van der Waals surface area contributed by atoms with Gasteiger partial charge in [-0.05, 0) is 37.1 Å². The topological polar surface area (TPSA) is 91.5 Å². The van der Waals surface area contributed by atoms with Crippen LogP contribution in [-0.4, -0.2) is 38.8 Å². The Morgan fingerprint density at radius 1 is 0.938 bits per heavy atom. The number of aromatic nitrogens is 4. The monoisotopic (exact) mass is 434 g/mol. The minimum Gasteiger partial charge on any atom is -0.493 e. The van der Waals surface area contributed by atoms with Gasteiger partial charge in [0.05, 0.1) is 27.4 Å². The summed E-state index contributed by atoms with van der Waals surface area (Å²) < 4.78 is 18.7. The third-order valence-electron chi connectivity index (χ3n) is 5.23. The Bertz CT molecular complexity index is 1170. The SMILES string of the molecule is COc1ccc(Cn2cnc(O)c3nc(C(C)(C)OCc4ccccc4)nc2-3)cc1OC. The van der Waals surface area contributed by atoms with Crippen LogP contribution in [0.2, 0.25) is 0 Å². The molecule has 2 aliphatic rings. The van der Waals surface area contributed by atoms with Crippen LogP contribution in [0.5, 0.6) is 17.4 Å². The molecule has 32 heavy (non-hydrogen) atoms. The standard InChI is InChI=1S/C24H26N4O4/c1-24(2,32-14-16-8-6-5-7-9-16)23-26-20-21(27-23)28(15-25-22(20)29)13-17-10-11-18(30-3)19(12-17)31-4/h5-12,15,29H,13-14H2,1-4H3. The van der Waals surface area contributed by atoms with Gasteiger partial charge in [0.2, 0.25) is 5.88 Å². The van der Waals surface area contributed by atoms with Gasteiger partial charge in [0.25, 0.3) is 0 Å². The quantitative estimate of drug-likeness (QED) is 0.448. The molecule has 0 unspecified atom stereocenters. The van der Waals surface area contributed by atoms with Crippen molar-refractivity contribution in [2.45, 2.75) is 32.6 Å². The normalized spacial score (nSPS) is 11.6. The molecule has 0 bridgehead atoms. The van der Waals surface area contributed by atoms with Gasteiger partial charge in [0, 0.05) is 0 Å². The number of methoxy groups -OCH3 is 2. The van der Waals surface area contributed by atoms with Gasteiger partial charge in [0.15, 0.2) is 28.8 Å². The molecule has 2 aromatic rings. The van der Waals surface area contributed by atoms with Crippen LogP contribution in [-0.2, 0) is 23.5 Å². The molecule has 8 nitrogen and oxygen atoms in total. The maximum Gasteiger partial charge on any atom is 0.242 e. The number of aromatic hydroxyl groups is 1. The fourth-order valence-corrected chi connectivity index (χ4v) is 3.39.